The third kappa shape index (κ3) is 4.42. The van der Waals surface area contributed by atoms with E-state index < -0.39 is 16.3 Å². The lowest BCUT2D eigenvalue weighted by atomic mass is 9.91. The molecule has 1 N–H and O–H groups in total. The number of ether oxygens (including phenoxy) is 1. The molecule has 186 valence electrons. The molecule has 3 heterocycles. The second-order valence-corrected chi connectivity index (χ2v) is 12.2. The number of carbonyl (C=O) groups is 1. The molecule has 3 atom stereocenters. The van der Waals surface area contributed by atoms with Crippen LogP contribution in [0, 0.1) is 5.41 Å². The summed E-state index contributed by atoms with van der Waals surface area (Å²) in [5.74, 6) is 0.00890. The highest BCUT2D eigenvalue weighted by atomic mass is 32.2. The Hall–Kier alpha value is -2.26. The Balaban J connectivity index is 1.31. The normalized spacial score (nSPS) is 27.8. The lowest BCUT2D eigenvalue weighted by Gasteiger charge is -2.35. The number of nitrogens with one attached hydrogen (secondary N) is 1. The first-order valence-electron chi connectivity index (χ1n) is 12.8. The predicted molar refractivity (Wildman–Crippen MR) is 134 cm³/mol. The van der Waals surface area contributed by atoms with Gasteiger partial charge in [0.05, 0.1) is 18.7 Å². The highest BCUT2D eigenvalue weighted by Crippen LogP contribution is 2.56. The molecule has 3 saturated heterocycles. The number of likely N-dealkylation sites (tertiary alicyclic amines) is 1. The fourth-order valence-corrected chi connectivity index (χ4v) is 7.59. The summed E-state index contributed by atoms with van der Waals surface area (Å²) in [4.78, 5) is 15.3. The van der Waals surface area contributed by atoms with Crippen LogP contribution in [0.2, 0.25) is 0 Å². The van der Waals surface area contributed by atoms with Crippen LogP contribution >= 0.6 is 0 Å². The maximum atomic E-state index is 13.4. The fourth-order valence-electron chi connectivity index (χ4n) is 5.97. The number of nitrogens with zero attached hydrogens (tertiary/aromatic N) is 2. The van der Waals surface area contributed by atoms with Gasteiger partial charge >= 0.3 is 0 Å². The molecule has 4 fully saturated rings. The van der Waals surface area contributed by atoms with Crippen molar-refractivity contribution in [2.45, 2.75) is 56.7 Å². The van der Waals surface area contributed by atoms with Gasteiger partial charge in [0.15, 0.2) is 0 Å². The largest absolute Gasteiger partial charge is 0.368 e. The highest BCUT2D eigenvalue weighted by molar-refractivity contribution is 7.87. The Morgan fingerprint density at radius 1 is 1.03 bits per heavy atom. The van der Waals surface area contributed by atoms with Gasteiger partial charge in [-0.15, -0.1) is 0 Å². The molecule has 35 heavy (non-hydrogen) atoms. The van der Waals surface area contributed by atoms with E-state index in [2.05, 4.69) is 35.1 Å². The summed E-state index contributed by atoms with van der Waals surface area (Å²) in [6, 6.07) is 18.1. The Labute approximate surface area is 207 Å². The average molecular weight is 496 g/mol. The third-order valence-electron chi connectivity index (χ3n) is 8.24. The summed E-state index contributed by atoms with van der Waals surface area (Å²) in [6.45, 7) is 2.35. The quantitative estimate of drug-likeness (QED) is 0.641. The molecule has 8 heteroatoms. The number of carbonyl (C=O) groups excluding carboxylic acids is 1. The highest BCUT2D eigenvalue weighted by Gasteiger charge is 2.62. The maximum Gasteiger partial charge on any atom is 0.279 e. The molecule has 2 aromatic carbocycles. The summed E-state index contributed by atoms with van der Waals surface area (Å²) < 4.78 is 36.8. The van der Waals surface area contributed by atoms with Gasteiger partial charge in [-0.3, -0.25) is 4.79 Å². The van der Waals surface area contributed by atoms with Crippen molar-refractivity contribution >= 4 is 16.1 Å². The molecule has 0 radical (unpaired) electrons. The third-order valence-corrected chi connectivity index (χ3v) is 9.84. The van der Waals surface area contributed by atoms with Gasteiger partial charge in [-0.1, -0.05) is 54.6 Å². The number of benzene rings is 2. The molecule has 0 unspecified atom stereocenters. The van der Waals surface area contributed by atoms with Crippen LogP contribution in [0.5, 0.6) is 0 Å². The first-order chi connectivity index (χ1) is 17.0. The van der Waals surface area contributed by atoms with Gasteiger partial charge < -0.3 is 9.64 Å². The lowest BCUT2D eigenvalue weighted by molar-refractivity contribution is -0.157. The minimum atomic E-state index is -3.60. The zero-order valence-corrected chi connectivity index (χ0v) is 20.8. The van der Waals surface area contributed by atoms with Crippen LogP contribution in [-0.4, -0.2) is 68.0 Å². The standard InChI is InChI=1S/C27H33N3O4S/c31-26(24-11-16-34-24)30-19-27(12-13-27)25(28-35(32,33)29-14-4-5-15-29)23(30)18-20-7-6-10-22(17-20)21-8-2-1-3-9-21/h1-3,6-10,17,23-25,28H,4-5,11-16,18-19H2/t23-,24+,25+/m0/s1. The molecular weight excluding hydrogens is 462 g/mol. The van der Waals surface area contributed by atoms with E-state index in [0.717, 1.165) is 48.8 Å². The summed E-state index contributed by atoms with van der Waals surface area (Å²) in [6.07, 6.45) is 4.63. The van der Waals surface area contributed by atoms with Crippen LogP contribution in [-0.2, 0) is 26.2 Å². The molecular formula is C27H33N3O4S. The Kier molecular flexibility index (Phi) is 5.95. The van der Waals surface area contributed by atoms with Gasteiger partial charge in [0.1, 0.15) is 6.10 Å². The minimum Gasteiger partial charge on any atom is -0.368 e. The first-order valence-corrected chi connectivity index (χ1v) is 14.2. The van der Waals surface area contributed by atoms with Gasteiger partial charge in [0.2, 0.25) is 0 Å². The van der Waals surface area contributed by atoms with Gasteiger partial charge in [-0.2, -0.15) is 17.4 Å². The van der Waals surface area contributed by atoms with Gasteiger partial charge in [-0.25, -0.2) is 0 Å². The number of hydrogen-bond donors (Lipinski definition) is 1. The van der Waals surface area contributed by atoms with Crippen LogP contribution in [0.15, 0.2) is 54.6 Å². The topological polar surface area (TPSA) is 79.0 Å². The molecule has 7 nitrogen and oxygen atoms in total. The predicted octanol–water partition coefficient (Wildman–Crippen LogP) is 2.97. The van der Waals surface area contributed by atoms with Crippen molar-refractivity contribution in [2.24, 2.45) is 5.41 Å². The van der Waals surface area contributed by atoms with Crippen LogP contribution in [0.3, 0.4) is 0 Å². The molecule has 0 bridgehead atoms. The molecule has 0 aromatic heterocycles. The van der Waals surface area contributed by atoms with E-state index in [1.54, 1.807) is 4.31 Å². The van der Waals surface area contributed by atoms with E-state index in [1.165, 1.54) is 0 Å². The second kappa shape index (κ2) is 9.00. The van der Waals surface area contributed by atoms with Crippen molar-refractivity contribution in [3.05, 3.63) is 60.2 Å². The van der Waals surface area contributed by atoms with Crippen molar-refractivity contribution in [1.82, 2.24) is 13.9 Å². The van der Waals surface area contributed by atoms with Crippen LogP contribution < -0.4 is 4.72 Å². The van der Waals surface area contributed by atoms with Crippen molar-refractivity contribution in [1.29, 1.82) is 0 Å². The van der Waals surface area contributed by atoms with Crippen molar-refractivity contribution in [3.8, 4) is 11.1 Å². The van der Waals surface area contributed by atoms with Gasteiger partial charge in [0.25, 0.3) is 16.1 Å². The van der Waals surface area contributed by atoms with Crippen molar-refractivity contribution in [2.75, 3.05) is 26.2 Å². The zero-order valence-electron chi connectivity index (χ0n) is 19.9. The SMILES string of the molecule is O=C([C@H]1CCO1)N1CC2(CC2)[C@H](NS(=O)(=O)N2CCCC2)[C@@H]1Cc1cccc(-c2ccccc2)c1. The monoisotopic (exact) mass is 495 g/mol. The smallest absolute Gasteiger partial charge is 0.279 e. The molecule has 1 aliphatic carbocycles. The first kappa shape index (κ1) is 23.2. The number of amides is 1. The summed E-state index contributed by atoms with van der Waals surface area (Å²) in [5, 5.41) is 0. The number of rotatable bonds is 7. The second-order valence-electron chi connectivity index (χ2n) is 10.5. The molecule has 1 saturated carbocycles. The van der Waals surface area contributed by atoms with E-state index in [9.17, 15) is 13.2 Å². The molecule has 1 amide bonds. The molecule has 1 spiro atoms. The summed E-state index contributed by atoms with van der Waals surface area (Å²) in [5.41, 5.74) is 3.19. The van der Waals surface area contributed by atoms with Gasteiger partial charge in [-0.05, 0) is 48.8 Å². The van der Waals surface area contributed by atoms with E-state index >= 15 is 0 Å². The number of hydrogen-bond acceptors (Lipinski definition) is 4. The fraction of sp³-hybridized carbons (Fsp3) is 0.519. The Morgan fingerprint density at radius 3 is 2.40 bits per heavy atom. The van der Waals surface area contributed by atoms with Crippen LogP contribution in [0.25, 0.3) is 11.1 Å². The molecule has 4 aliphatic rings. The van der Waals surface area contributed by atoms with Gasteiger partial charge in [0, 0.05) is 31.5 Å². The van der Waals surface area contributed by atoms with E-state index in [0.29, 0.717) is 32.7 Å². The van der Waals surface area contributed by atoms with E-state index in [-0.39, 0.29) is 23.4 Å². The maximum absolute atomic E-state index is 13.4. The van der Waals surface area contributed by atoms with Crippen molar-refractivity contribution in [3.63, 3.8) is 0 Å². The van der Waals surface area contributed by atoms with Crippen LogP contribution in [0.1, 0.15) is 37.7 Å². The Bertz CT molecular complexity index is 1190. The van der Waals surface area contributed by atoms with Crippen molar-refractivity contribution < 1.29 is 17.9 Å². The summed E-state index contributed by atoms with van der Waals surface area (Å²) in [7, 11) is -3.60. The summed E-state index contributed by atoms with van der Waals surface area (Å²) >= 11 is 0. The lowest BCUT2D eigenvalue weighted by Crippen LogP contribution is -2.55. The van der Waals surface area contributed by atoms with E-state index in [1.807, 2.05) is 29.2 Å². The Morgan fingerprint density at radius 2 is 1.74 bits per heavy atom. The molecule has 3 aliphatic heterocycles. The average Bonchev–Trinajstić information content (AvgIpc) is 3.26. The van der Waals surface area contributed by atoms with E-state index in [4.69, 9.17) is 4.74 Å². The zero-order chi connectivity index (χ0) is 24.0. The molecule has 6 rings (SSSR count). The minimum absolute atomic E-state index is 0.00890. The molecule has 2 aromatic rings. The van der Waals surface area contributed by atoms with Crippen LogP contribution in [0.4, 0.5) is 0 Å².